The van der Waals surface area contributed by atoms with E-state index in [9.17, 15) is 19.5 Å². The van der Waals surface area contributed by atoms with E-state index in [1.165, 1.54) is 4.90 Å². The number of amides is 3. The third-order valence-electron chi connectivity index (χ3n) is 5.20. The first-order valence-corrected chi connectivity index (χ1v) is 11.7. The number of methoxy groups -OCH3 is 1. The normalized spacial score (nSPS) is 12.3. The number of carbonyl (C=O) groups excluding carboxylic acids is 3. The molecule has 9 nitrogen and oxygen atoms in total. The lowest BCUT2D eigenvalue weighted by molar-refractivity contribution is -0.144. The number of phenolic OH excluding ortho intramolecular Hbond substituents is 1. The number of aryl methyl sites for hydroxylation is 1. The molecule has 0 aliphatic heterocycles. The van der Waals surface area contributed by atoms with Crippen molar-refractivity contribution in [3.63, 3.8) is 0 Å². The van der Waals surface area contributed by atoms with Crippen molar-refractivity contribution in [2.24, 2.45) is 0 Å². The van der Waals surface area contributed by atoms with Gasteiger partial charge in [-0.2, -0.15) is 0 Å². The minimum atomic E-state index is -1.19. The van der Waals surface area contributed by atoms with Crippen molar-refractivity contribution in [1.29, 1.82) is 0 Å². The Balaban J connectivity index is 2.46. The lowest BCUT2D eigenvalue weighted by Crippen LogP contribution is -2.54. The van der Waals surface area contributed by atoms with Crippen molar-refractivity contribution in [2.45, 2.75) is 65.6 Å². The molecule has 3 amide bonds. The van der Waals surface area contributed by atoms with Crippen LogP contribution >= 0.6 is 0 Å². The predicted octanol–water partition coefficient (Wildman–Crippen LogP) is 4.54. The average molecular weight is 500 g/mol. The van der Waals surface area contributed by atoms with Crippen LogP contribution < -0.4 is 15.4 Å². The first-order valence-electron chi connectivity index (χ1n) is 11.7. The molecule has 0 aliphatic rings. The highest BCUT2D eigenvalue weighted by Gasteiger charge is 2.40. The molecular weight excluding hydrogens is 462 g/mol. The van der Waals surface area contributed by atoms with Crippen LogP contribution in [0.1, 0.15) is 58.7 Å². The summed E-state index contributed by atoms with van der Waals surface area (Å²) in [6.07, 6.45) is -0.748. The number of alkyl carbamates (subject to hydrolysis) is 1. The van der Waals surface area contributed by atoms with Gasteiger partial charge in [-0.25, -0.2) is 4.79 Å². The maximum Gasteiger partial charge on any atom is 0.408 e. The molecule has 36 heavy (non-hydrogen) atoms. The van der Waals surface area contributed by atoms with Crippen molar-refractivity contribution >= 4 is 23.6 Å². The molecular formula is C27H37N3O6. The Morgan fingerprint density at radius 3 is 2.14 bits per heavy atom. The van der Waals surface area contributed by atoms with Gasteiger partial charge in [-0.3, -0.25) is 9.59 Å². The molecule has 0 saturated heterocycles. The summed E-state index contributed by atoms with van der Waals surface area (Å²) in [5, 5.41) is 16.2. The molecule has 2 rings (SSSR count). The van der Waals surface area contributed by atoms with E-state index in [-0.39, 0.29) is 11.3 Å². The second-order valence-corrected chi connectivity index (χ2v) is 10.4. The second-order valence-electron chi connectivity index (χ2n) is 10.4. The number of aromatic hydroxyl groups is 1. The average Bonchev–Trinajstić information content (AvgIpc) is 2.76. The fourth-order valence-electron chi connectivity index (χ4n) is 3.64. The van der Waals surface area contributed by atoms with E-state index in [1.54, 1.807) is 98.0 Å². The lowest BCUT2D eigenvalue weighted by atomic mass is 9.94. The van der Waals surface area contributed by atoms with Gasteiger partial charge in [0.1, 0.15) is 29.7 Å². The number of rotatable bonds is 7. The van der Waals surface area contributed by atoms with Gasteiger partial charge < -0.3 is 30.1 Å². The molecule has 0 spiro atoms. The largest absolute Gasteiger partial charge is 0.507 e. The van der Waals surface area contributed by atoms with Crippen LogP contribution in [0.15, 0.2) is 42.5 Å². The van der Waals surface area contributed by atoms with Crippen molar-refractivity contribution < 1.29 is 29.0 Å². The Kier molecular flexibility index (Phi) is 8.96. The number of hydrogen-bond acceptors (Lipinski definition) is 6. The molecule has 1 unspecified atom stereocenters. The molecule has 0 fully saturated rings. The van der Waals surface area contributed by atoms with Crippen LogP contribution in [0, 0.1) is 6.92 Å². The lowest BCUT2D eigenvalue weighted by Gasteiger charge is -2.41. The van der Waals surface area contributed by atoms with Crippen LogP contribution in [0.2, 0.25) is 0 Å². The molecule has 0 aliphatic carbocycles. The summed E-state index contributed by atoms with van der Waals surface area (Å²) in [5.74, 6) is -0.513. The van der Waals surface area contributed by atoms with Crippen molar-refractivity contribution in [1.82, 2.24) is 10.2 Å². The molecule has 0 bridgehead atoms. The maximum absolute atomic E-state index is 13.7. The Morgan fingerprint density at radius 1 is 1.00 bits per heavy atom. The zero-order valence-electron chi connectivity index (χ0n) is 22.3. The third-order valence-corrected chi connectivity index (χ3v) is 5.20. The Bertz CT molecular complexity index is 1080. The molecule has 2 aromatic rings. The van der Waals surface area contributed by atoms with E-state index < -0.39 is 41.6 Å². The van der Waals surface area contributed by atoms with E-state index in [2.05, 4.69) is 10.6 Å². The fourth-order valence-corrected chi connectivity index (χ4v) is 3.64. The quantitative estimate of drug-likeness (QED) is 0.515. The van der Waals surface area contributed by atoms with Crippen molar-refractivity contribution in [2.75, 3.05) is 19.0 Å². The number of benzene rings is 2. The van der Waals surface area contributed by atoms with Crippen LogP contribution in [-0.2, 0) is 14.3 Å². The number of nitrogens with zero attached hydrogens (tertiary/aromatic N) is 1. The van der Waals surface area contributed by atoms with Gasteiger partial charge in [0.05, 0.1) is 7.11 Å². The number of anilines is 1. The smallest absolute Gasteiger partial charge is 0.408 e. The van der Waals surface area contributed by atoms with Crippen molar-refractivity contribution in [3.05, 3.63) is 53.6 Å². The monoisotopic (exact) mass is 499 g/mol. The number of carbonyl (C=O) groups is 3. The van der Waals surface area contributed by atoms with Crippen LogP contribution in [0.4, 0.5) is 10.5 Å². The number of nitrogens with one attached hydrogen (secondary N) is 2. The topological polar surface area (TPSA) is 117 Å². The van der Waals surface area contributed by atoms with Gasteiger partial charge in [-0.05, 0) is 78.3 Å². The zero-order valence-corrected chi connectivity index (χ0v) is 22.3. The minimum Gasteiger partial charge on any atom is -0.507 e. The highest BCUT2D eigenvalue weighted by molar-refractivity contribution is 5.99. The molecule has 0 saturated carbocycles. The molecule has 3 N–H and O–H groups in total. The van der Waals surface area contributed by atoms with Gasteiger partial charge in [0.2, 0.25) is 5.91 Å². The standard InChI is InChI=1S/C27H37N3O6/c1-17-10-9-11-20(23(17)32)22(24(33)29-18-12-14-19(35-8)15-13-18)30(26(2,3)4)21(31)16-28-25(34)36-27(5,6)7/h9-15,22,32H,16H2,1-8H3,(H,28,34)(H,29,33). The first-order chi connectivity index (χ1) is 16.6. The number of phenols is 1. The van der Waals surface area contributed by atoms with Gasteiger partial charge in [-0.1, -0.05) is 18.2 Å². The Hall–Kier alpha value is -3.75. The van der Waals surface area contributed by atoms with E-state index in [0.717, 1.165) is 0 Å². The van der Waals surface area contributed by atoms with E-state index in [4.69, 9.17) is 9.47 Å². The van der Waals surface area contributed by atoms with Crippen LogP contribution in [0.25, 0.3) is 0 Å². The fraction of sp³-hybridized carbons (Fsp3) is 0.444. The second kappa shape index (κ2) is 11.3. The molecule has 0 aromatic heterocycles. The molecule has 9 heteroatoms. The SMILES string of the molecule is COc1ccc(NC(=O)C(c2cccc(C)c2O)N(C(=O)CNC(=O)OC(C)(C)C)C(C)(C)C)cc1. The van der Waals surface area contributed by atoms with Gasteiger partial charge in [-0.15, -0.1) is 0 Å². The molecule has 0 radical (unpaired) electrons. The summed E-state index contributed by atoms with van der Waals surface area (Å²) in [4.78, 5) is 40.7. The Morgan fingerprint density at radius 2 is 1.61 bits per heavy atom. The van der Waals surface area contributed by atoms with Gasteiger partial charge in [0, 0.05) is 16.8 Å². The Labute approximate surface area is 212 Å². The molecule has 2 aromatic carbocycles. The summed E-state index contributed by atoms with van der Waals surface area (Å²) in [6, 6.07) is 10.6. The zero-order chi connectivity index (χ0) is 27.3. The third kappa shape index (κ3) is 7.63. The number of ether oxygens (including phenoxy) is 2. The van der Waals surface area contributed by atoms with Gasteiger partial charge >= 0.3 is 6.09 Å². The highest BCUT2D eigenvalue weighted by atomic mass is 16.6. The molecule has 0 heterocycles. The van der Waals surface area contributed by atoms with Crippen LogP contribution in [-0.4, -0.2) is 52.7 Å². The van der Waals surface area contributed by atoms with Crippen LogP contribution in [0.3, 0.4) is 0 Å². The summed E-state index contributed by atoms with van der Waals surface area (Å²) in [5.41, 5.74) is -0.272. The van der Waals surface area contributed by atoms with E-state index >= 15 is 0 Å². The van der Waals surface area contributed by atoms with Crippen LogP contribution in [0.5, 0.6) is 11.5 Å². The number of hydrogen-bond donors (Lipinski definition) is 3. The highest BCUT2D eigenvalue weighted by Crippen LogP contribution is 2.36. The molecule has 196 valence electrons. The van der Waals surface area contributed by atoms with Gasteiger partial charge in [0.15, 0.2) is 0 Å². The minimum absolute atomic E-state index is 0.0884. The summed E-state index contributed by atoms with van der Waals surface area (Å²) < 4.78 is 10.4. The number of para-hydroxylation sites is 1. The summed E-state index contributed by atoms with van der Waals surface area (Å²) in [6.45, 7) is 11.8. The van der Waals surface area contributed by atoms with E-state index in [0.29, 0.717) is 17.0 Å². The summed E-state index contributed by atoms with van der Waals surface area (Å²) in [7, 11) is 1.54. The maximum atomic E-state index is 13.7. The first kappa shape index (κ1) is 28.5. The van der Waals surface area contributed by atoms with Gasteiger partial charge in [0.25, 0.3) is 5.91 Å². The molecule has 1 atom stereocenters. The van der Waals surface area contributed by atoms with Crippen molar-refractivity contribution in [3.8, 4) is 11.5 Å². The predicted molar refractivity (Wildman–Crippen MR) is 138 cm³/mol. The summed E-state index contributed by atoms with van der Waals surface area (Å²) >= 11 is 0. The van der Waals surface area contributed by atoms with E-state index in [1.807, 2.05) is 0 Å².